The fraction of sp³-hybridized carbons (Fsp3) is 0.500. The predicted molar refractivity (Wildman–Crippen MR) is 99.2 cm³/mol. The largest absolute Gasteiger partial charge is 0.491 e. The molecule has 130 valence electrons. The van der Waals surface area contributed by atoms with Gasteiger partial charge in [0.15, 0.2) is 5.12 Å². The third-order valence-electron chi connectivity index (χ3n) is 4.25. The van der Waals surface area contributed by atoms with E-state index in [0.29, 0.717) is 11.6 Å². The standard InChI is InChI=1S/C16H24BN3O3S/c1-11(21)24-10-12(9-13-7-6-8-14(19-13)20-18)17-22-15(2,3)16(4,5)23-17/h6-9H,10,18H2,1-5H3,(H,19,20). The fourth-order valence-corrected chi connectivity index (χ4v) is 2.75. The summed E-state index contributed by atoms with van der Waals surface area (Å²) in [6.07, 6.45) is 1.89. The van der Waals surface area contributed by atoms with Crippen LogP contribution < -0.4 is 11.3 Å². The van der Waals surface area contributed by atoms with Crippen molar-refractivity contribution in [2.75, 3.05) is 11.2 Å². The molecule has 0 amide bonds. The van der Waals surface area contributed by atoms with Crippen molar-refractivity contribution in [1.29, 1.82) is 0 Å². The number of hydrazine groups is 1. The Hall–Kier alpha value is -1.35. The van der Waals surface area contributed by atoms with Crippen molar-refractivity contribution in [2.24, 2.45) is 5.84 Å². The average Bonchev–Trinajstić information content (AvgIpc) is 2.71. The van der Waals surface area contributed by atoms with E-state index in [1.54, 1.807) is 13.0 Å². The molecular formula is C16H24BN3O3S. The molecule has 6 nitrogen and oxygen atoms in total. The maximum absolute atomic E-state index is 11.4. The van der Waals surface area contributed by atoms with Crippen molar-refractivity contribution < 1.29 is 14.1 Å². The number of rotatable bonds is 5. The van der Waals surface area contributed by atoms with E-state index in [9.17, 15) is 4.79 Å². The number of pyridine rings is 1. The molecule has 0 atom stereocenters. The molecule has 1 fully saturated rings. The minimum atomic E-state index is -0.516. The van der Waals surface area contributed by atoms with Gasteiger partial charge in [-0.2, -0.15) is 0 Å². The SMILES string of the molecule is CC(=O)SCC(=Cc1cccc(NN)n1)B1OC(C)(C)C(C)(C)O1. The summed E-state index contributed by atoms with van der Waals surface area (Å²) in [5, 5.41) is 0.0442. The zero-order chi connectivity index (χ0) is 18.0. The first-order valence-electron chi connectivity index (χ1n) is 7.78. The average molecular weight is 349 g/mol. The molecule has 8 heteroatoms. The van der Waals surface area contributed by atoms with E-state index in [1.807, 2.05) is 45.9 Å². The first-order chi connectivity index (χ1) is 11.1. The van der Waals surface area contributed by atoms with Gasteiger partial charge in [0.05, 0.1) is 16.9 Å². The van der Waals surface area contributed by atoms with Crippen LogP contribution in [0.4, 0.5) is 5.82 Å². The van der Waals surface area contributed by atoms with E-state index in [-0.39, 0.29) is 5.12 Å². The maximum atomic E-state index is 11.4. The molecule has 0 aromatic carbocycles. The summed E-state index contributed by atoms with van der Waals surface area (Å²) in [5.74, 6) is 6.46. The van der Waals surface area contributed by atoms with Gasteiger partial charge < -0.3 is 14.7 Å². The molecule has 2 rings (SSSR count). The molecule has 0 unspecified atom stereocenters. The van der Waals surface area contributed by atoms with E-state index in [4.69, 9.17) is 15.2 Å². The van der Waals surface area contributed by atoms with E-state index in [2.05, 4.69) is 10.4 Å². The molecule has 3 N–H and O–H groups in total. The summed E-state index contributed by atoms with van der Waals surface area (Å²) in [6, 6.07) is 5.49. The van der Waals surface area contributed by atoms with Crippen molar-refractivity contribution >= 4 is 35.9 Å². The van der Waals surface area contributed by atoms with Crippen molar-refractivity contribution in [3.05, 3.63) is 29.4 Å². The molecule has 2 heterocycles. The van der Waals surface area contributed by atoms with Gasteiger partial charge in [0.1, 0.15) is 5.82 Å². The molecule has 0 bridgehead atoms. The van der Waals surface area contributed by atoms with Gasteiger partial charge in [-0.15, -0.1) is 0 Å². The second-order valence-corrected chi connectivity index (χ2v) is 7.83. The van der Waals surface area contributed by atoms with Crippen LogP contribution in [0.2, 0.25) is 0 Å². The van der Waals surface area contributed by atoms with Crippen LogP contribution in [0.25, 0.3) is 6.08 Å². The second kappa shape index (κ2) is 7.27. The minimum absolute atomic E-state index is 0.0442. The highest BCUT2D eigenvalue weighted by Crippen LogP contribution is 2.39. The molecule has 1 aliphatic heterocycles. The Labute approximate surface area is 147 Å². The van der Waals surface area contributed by atoms with Crippen LogP contribution in [0.3, 0.4) is 0 Å². The second-order valence-electron chi connectivity index (χ2n) is 6.68. The molecule has 0 spiro atoms. The zero-order valence-corrected chi connectivity index (χ0v) is 15.6. The van der Waals surface area contributed by atoms with E-state index in [0.717, 1.165) is 11.2 Å². The molecule has 0 saturated carbocycles. The molecule has 24 heavy (non-hydrogen) atoms. The van der Waals surface area contributed by atoms with Crippen LogP contribution in [-0.2, 0) is 14.1 Å². The number of carbonyl (C=O) groups is 1. The smallest absolute Gasteiger partial charge is 0.400 e. The van der Waals surface area contributed by atoms with Gasteiger partial charge in [-0.05, 0) is 51.4 Å². The third-order valence-corrected chi connectivity index (χ3v) is 5.13. The minimum Gasteiger partial charge on any atom is -0.400 e. The van der Waals surface area contributed by atoms with E-state index < -0.39 is 18.3 Å². The lowest BCUT2D eigenvalue weighted by Crippen LogP contribution is -2.41. The Kier molecular flexibility index (Phi) is 5.75. The lowest BCUT2D eigenvalue weighted by molar-refractivity contribution is -0.109. The molecular weight excluding hydrogens is 325 g/mol. The Bertz CT molecular complexity index is 633. The monoisotopic (exact) mass is 349 g/mol. The Morgan fingerprint density at radius 1 is 1.33 bits per heavy atom. The topological polar surface area (TPSA) is 86.5 Å². The zero-order valence-electron chi connectivity index (χ0n) is 14.8. The number of thioether (sulfide) groups is 1. The summed E-state index contributed by atoms with van der Waals surface area (Å²) in [4.78, 5) is 15.8. The van der Waals surface area contributed by atoms with Crippen LogP contribution in [0.1, 0.15) is 40.3 Å². The molecule has 0 radical (unpaired) electrons. The van der Waals surface area contributed by atoms with Gasteiger partial charge in [0, 0.05) is 12.7 Å². The molecule has 1 aromatic heterocycles. The lowest BCUT2D eigenvalue weighted by atomic mass is 9.78. The Morgan fingerprint density at radius 3 is 2.50 bits per heavy atom. The number of nitrogens with one attached hydrogen (secondary N) is 1. The van der Waals surface area contributed by atoms with Crippen LogP contribution in [0, 0.1) is 0 Å². The number of nitrogen functional groups attached to an aromatic ring is 1. The first-order valence-corrected chi connectivity index (χ1v) is 8.76. The predicted octanol–water partition coefficient (Wildman–Crippen LogP) is 2.66. The van der Waals surface area contributed by atoms with Gasteiger partial charge in [-0.25, -0.2) is 10.8 Å². The van der Waals surface area contributed by atoms with Gasteiger partial charge in [-0.3, -0.25) is 4.79 Å². The van der Waals surface area contributed by atoms with Crippen molar-refractivity contribution in [2.45, 2.75) is 45.8 Å². The van der Waals surface area contributed by atoms with Gasteiger partial charge >= 0.3 is 7.12 Å². The van der Waals surface area contributed by atoms with Gasteiger partial charge in [-0.1, -0.05) is 17.8 Å². The van der Waals surface area contributed by atoms with Crippen molar-refractivity contribution in [1.82, 2.24) is 4.98 Å². The quantitative estimate of drug-likeness (QED) is 0.480. The number of hydrogen-bond donors (Lipinski definition) is 2. The van der Waals surface area contributed by atoms with Crippen LogP contribution in [0.15, 0.2) is 23.7 Å². The maximum Gasteiger partial charge on any atom is 0.491 e. The highest BCUT2D eigenvalue weighted by atomic mass is 32.2. The van der Waals surface area contributed by atoms with Gasteiger partial charge in [0.25, 0.3) is 0 Å². The van der Waals surface area contributed by atoms with Crippen molar-refractivity contribution in [3.63, 3.8) is 0 Å². The number of carbonyl (C=O) groups excluding carboxylic acids is 1. The normalized spacial score (nSPS) is 19.4. The van der Waals surface area contributed by atoms with E-state index in [1.165, 1.54) is 11.8 Å². The molecule has 1 saturated heterocycles. The lowest BCUT2D eigenvalue weighted by Gasteiger charge is -2.32. The van der Waals surface area contributed by atoms with Crippen LogP contribution >= 0.6 is 11.8 Å². The van der Waals surface area contributed by atoms with E-state index >= 15 is 0 Å². The van der Waals surface area contributed by atoms with Crippen molar-refractivity contribution in [3.8, 4) is 0 Å². The van der Waals surface area contributed by atoms with Crippen LogP contribution in [0.5, 0.6) is 0 Å². The molecule has 1 aromatic rings. The number of nitrogens with two attached hydrogens (primary N) is 1. The highest BCUT2D eigenvalue weighted by molar-refractivity contribution is 8.13. The highest BCUT2D eigenvalue weighted by Gasteiger charge is 2.52. The Balaban J connectivity index is 2.31. The first kappa shape index (κ1) is 19.0. The number of nitrogens with zero attached hydrogens (tertiary/aromatic N) is 1. The number of hydrogen-bond acceptors (Lipinski definition) is 7. The summed E-state index contributed by atoms with van der Waals surface area (Å²) >= 11 is 1.22. The molecule has 0 aliphatic carbocycles. The summed E-state index contributed by atoms with van der Waals surface area (Å²) in [6.45, 7) is 9.55. The summed E-state index contributed by atoms with van der Waals surface area (Å²) < 4.78 is 12.2. The Morgan fingerprint density at radius 2 is 1.96 bits per heavy atom. The molecule has 1 aliphatic rings. The third kappa shape index (κ3) is 4.39. The number of anilines is 1. The van der Waals surface area contributed by atoms with Crippen LogP contribution in [-0.4, -0.2) is 34.2 Å². The van der Waals surface area contributed by atoms with Gasteiger partial charge in [0.2, 0.25) is 0 Å². The summed E-state index contributed by atoms with van der Waals surface area (Å²) in [7, 11) is -0.516. The fourth-order valence-electron chi connectivity index (χ4n) is 2.16. The summed E-state index contributed by atoms with van der Waals surface area (Å²) in [5.41, 5.74) is 3.23. The number of aromatic nitrogens is 1.